The van der Waals surface area contributed by atoms with Gasteiger partial charge in [0.1, 0.15) is 17.9 Å². The Labute approximate surface area is 169 Å². The minimum absolute atomic E-state index is 0.0124. The van der Waals surface area contributed by atoms with E-state index >= 15 is 0 Å². The van der Waals surface area contributed by atoms with Gasteiger partial charge in [-0.15, -0.1) is 0 Å². The molecular weight excluding hydrogens is 396 g/mol. The molecule has 3 aromatic rings. The second-order valence-electron chi connectivity index (χ2n) is 6.20. The number of pyridine rings is 1. The molecule has 3 aromatic heterocycles. The van der Waals surface area contributed by atoms with E-state index in [1.165, 1.54) is 17.8 Å². The molecule has 3 rings (SSSR count). The SMILES string of the molecule is Cc1nn(Cc2noc(C(=O)NCCNC(=O)c3cccnc3)n2)c(C)c1[N+](=O)[O-]. The fourth-order valence-electron chi connectivity index (χ4n) is 2.68. The van der Waals surface area contributed by atoms with E-state index in [2.05, 4.69) is 30.9 Å². The van der Waals surface area contributed by atoms with Gasteiger partial charge in [-0.2, -0.15) is 10.1 Å². The van der Waals surface area contributed by atoms with Crippen molar-refractivity contribution in [2.24, 2.45) is 0 Å². The number of carbonyl (C=O) groups excluding carboxylic acids is 2. The van der Waals surface area contributed by atoms with Crippen molar-refractivity contribution in [2.75, 3.05) is 13.1 Å². The molecular formula is C17H18N8O5. The zero-order chi connectivity index (χ0) is 21.7. The summed E-state index contributed by atoms with van der Waals surface area (Å²) in [5.74, 6) is -1.04. The maximum absolute atomic E-state index is 12.1. The molecule has 0 saturated carbocycles. The summed E-state index contributed by atoms with van der Waals surface area (Å²) < 4.78 is 6.30. The highest BCUT2D eigenvalue weighted by atomic mass is 16.6. The Morgan fingerprint density at radius 2 is 1.97 bits per heavy atom. The van der Waals surface area contributed by atoms with E-state index in [0.717, 1.165) is 0 Å². The van der Waals surface area contributed by atoms with Gasteiger partial charge >= 0.3 is 17.5 Å². The molecule has 3 heterocycles. The largest absolute Gasteiger partial charge is 0.350 e. The van der Waals surface area contributed by atoms with Gasteiger partial charge in [-0.3, -0.25) is 29.4 Å². The molecule has 13 heteroatoms. The van der Waals surface area contributed by atoms with Gasteiger partial charge in [0, 0.05) is 25.5 Å². The van der Waals surface area contributed by atoms with Crippen LogP contribution < -0.4 is 10.6 Å². The van der Waals surface area contributed by atoms with Gasteiger partial charge in [0.25, 0.3) is 5.91 Å². The van der Waals surface area contributed by atoms with Crippen LogP contribution >= 0.6 is 0 Å². The molecule has 0 radical (unpaired) electrons. The van der Waals surface area contributed by atoms with E-state index in [1.54, 1.807) is 25.3 Å². The summed E-state index contributed by atoms with van der Waals surface area (Å²) in [6.07, 6.45) is 3.00. The van der Waals surface area contributed by atoms with E-state index in [0.29, 0.717) is 11.3 Å². The first-order valence-corrected chi connectivity index (χ1v) is 8.84. The molecule has 0 aliphatic carbocycles. The van der Waals surface area contributed by atoms with Gasteiger partial charge in [0.15, 0.2) is 5.82 Å². The van der Waals surface area contributed by atoms with Crippen LogP contribution in [-0.4, -0.2) is 54.7 Å². The molecule has 0 fully saturated rings. The molecule has 0 bridgehead atoms. The van der Waals surface area contributed by atoms with Crippen molar-refractivity contribution in [1.29, 1.82) is 0 Å². The Balaban J connectivity index is 1.51. The summed E-state index contributed by atoms with van der Waals surface area (Å²) in [5, 5.41) is 24.0. The van der Waals surface area contributed by atoms with Crippen LogP contribution in [-0.2, 0) is 6.54 Å². The third kappa shape index (κ3) is 4.63. The Bertz CT molecular complexity index is 1080. The lowest BCUT2D eigenvalue weighted by molar-refractivity contribution is -0.386. The van der Waals surface area contributed by atoms with E-state index in [9.17, 15) is 19.7 Å². The normalized spacial score (nSPS) is 10.6. The quantitative estimate of drug-likeness (QED) is 0.300. The van der Waals surface area contributed by atoms with Crippen LogP contribution in [0.2, 0.25) is 0 Å². The standard InChI is InChI=1S/C17H18N8O5/c1-10-14(25(28)29)11(2)24(22-10)9-13-21-17(30-23-13)16(27)20-7-6-19-15(26)12-4-3-5-18-8-12/h3-5,8H,6-7,9H2,1-2H3,(H,19,26)(H,20,27). The number of rotatable bonds is 8. The van der Waals surface area contributed by atoms with Gasteiger partial charge in [-0.1, -0.05) is 5.16 Å². The second-order valence-corrected chi connectivity index (χ2v) is 6.20. The smallest absolute Gasteiger partial charge is 0.316 e. The molecule has 13 nitrogen and oxygen atoms in total. The molecule has 0 atom stereocenters. The predicted molar refractivity (Wildman–Crippen MR) is 101 cm³/mol. The van der Waals surface area contributed by atoms with Crippen LogP contribution in [0.25, 0.3) is 0 Å². The highest BCUT2D eigenvalue weighted by molar-refractivity contribution is 5.93. The summed E-state index contributed by atoms with van der Waals surface area (Å²) >= 11 is 0. The van der Waals surface area contributed by atoms with Gasteiger partial charge in [0.05, 0.1) is 10.5 Å². The third-order valence-corrected chi connectivity index (χ3v) is 4.10. The molecule has 0 unspecified atom stereocenters. The van der Waals surface area contributed by atoms with E-state index in [-0.39, 0.29) is 48.6 Å². The molecule has 2 N–H and O–H groups in total. The van der Waals surface area contributed by atoms with Crippen molar-refractivity contribution in [3.05, 3.63) is 63.3 Å². The molecule has 0 aliphatic rings. The number of carbonyl (C=O) groups is 2. The Morgan fingerprint density at radius 3 is 2.60 bits per heavy atom. The van der Waals surface area contributed by atoms with E-state index in [4.69, 9.17) is 4.52 Å². The minimum atomic E-state index is -0.608. The Morgan fingerprint density at radius 1 is 1.23 bits per heavy atom. The lowest BCUT2D eigenvalue weighted by Crippen LogP contribution is -2.34. The second kappa shape index (κ2) is 8.89. The summed E-state index contributed by atoms with van der Waals surface area (Å²) in [4.78, 5) is 42.4. The molecule has 30 heavy (non-hydrogen) atoms. The van der Waals surface area contributed by atoms with Gasteiger partial charge in [-0.05, 0) is 26.0 Å². The third-order valence-electron chi connectivity index (χ3n) is 4.10. The number of nitro groups is 1. The lowest BCUT2D eigenvalue weighted by Gasteiger charge is -2.05. The molecule has 0 aliphatic heterocycles. The van der Waals surface area contributed by atoms with E-state index < -0.39 is 10.8 Å². The maximum Gasteiger partial charge on any atom is 0.316 e. The summed E-state index contributed by atoms with van der Waals surface area (Å²) in [6.45, 7) is 3.44. The van der Waals surface area contributed by atoms with Gasteiger partial charge in [0.2, 0.25) is 0 Å². The average Bonchev–Trinajstić information content (AvgIpc) is 3.30. The number of aryl methyl sites for hydroxylation is 1. The Kier molecular flexibility index (Phi) is 6.10. The molecule has 0 spiro atoms. The molecule has 2 amide bonds. The summed E-state index contributed by atoms with van der Waals surface area (Å²) in [6, 6.07) is 3.27. The monoisotopic (exact) mass is 414 g/mol. The minimum Gasteiger partial charge on any atom is -0.350 e. The number of amides is 2. The van der Waals surface area contributed by atoms with Crippen LogP contribution in [0.1, 0.15) is 38.3 Å². The van der Waals surface area contributed by atoms with Crippen molar-refractivity contribution < 1.29 is 19.0 Å². The highest BCUT2D eigenvalue weighted by Gasteiger charge is 2.23. The predicted octanol–water partition coefficient (Wildman–Crippen LogP) is 0.394. The average molecular weight is 414 g/mol. The first-order valence-electron chi connectivity index (χ1n) is 8.84. The van der Waals surface area contributed by atoms with Crippen molar-refractivity contribution in [1.82, 2.24) is 35.5 Å². The van der Waals surface area contributed by atoms with Gasteiger partial charge < -0.3 is 15.2 Å². The number of nitrogens with one attached hydrogen (secondary N) is 2. The first kappa shape index (κ1) is 20.6. The topological polar surface area (TPSA) is 171 Å². The molecule has 0 aromatic carbocycles. The number of aromatic nitrogens is 5. The van der Waals surface area contributed by atoms with Crippen LogP contribution in [0.3, 0.4) is 0 Å². The van der Waals surface area contributed by atoms with Crippen LogP contribution in [0.4, 0.5) is 5.69 Å². The fraction of sp³-hybridized carbons (Fsp3) is 0.294. The van der Waals surface area contributed by atoms with Crippen LogP contribution in [0.15, 0.2) is 29.0 Å². The number of hydrogen-bond acceptors (Lipinski definition) is 9. The lowest BCUT2D eigenvalue weighted by atomic mass is 10.3. The molecule has 156 valence electrons. The summed E-state index contributed by atoms with van der Waals surface area (Å²) in [5.41, 5.74) is 0.949. The van der Waals surface area contributed by atoms with Crippen molar-refractivity contribution in [3.8, 4) is 0 Å². The van der Waals surface area contributed by atoms with Crippen LogP contribution in [0, 0.1) is 24.0 Å². The summed E-state index contributed by atoms with van der Waals surface area (Å²) in [7, 11) is 0. The molecule has 0 saturated heterocycles. The Hall–Kier alpha value is -4.16. The number of hydrogen-bond donors (Lipinski definition) is 2. The first-order chi connectivity index (χ1) is 14.4. The fourth-order valence-corrected chi connectivity index (χ4v) is 2.68. The number of nitrogens with zero attached hydrogens (tertiary/aromatic N) is 6. The highest BCUT2D eigenvalue weighted by Crippen LogP contribution is 2.22. The van der Waals surface area contributed by atoms with Crippen LogP contribution in [0.5, 0.6) is 0 Å². The van der Waals surface area contributed by atoms with Gasteiger partial charge in [-0.25, -0.2) is 0 Å². The zero-order valence-corrected chi connectivity index (χ0v) is 16.2. The zero-order valence-electron chi connectivity index (χ0n) is 16.2. The van der Waals surface area contributed by atoms with Crippen molar-refractivity contribution >= 4 is 17.5 Å². The van der Waals surface area contributed by atoms with Crippen molar-refractivity contribution in [3.63, 3.8) is 0 Å². The maximum atomic E-state index is 12.1. The van der Waals surface area contributed by atoms with E-state index in [1.807, 2.05) is 0 Å². The van der Waals surface area contributed by atoms with Crippen molar-refractivity contribution in [2.45, 2.75) is 20.4 Å².